The van der Waals surface area contributed by atoms with Crippen LogP contribution >= 0.6 is 11.8 Å². The smallest absolute Gasteiger partial charge is 0.234 e. The first kappa shape index (κ1) is 19.4. The first-order valence-electron chi connectivity index (χ1n) is 8.29. The van der Waals surface area contributed by atoms with Crippen LogP contribution in [-0.2, 0) is 9.59 Å². The molecule has 0 saturated heterocycles. The maximum Gasteiger partial charge on any atom is 0.234 e. The first-order valence-corrected chi connectivity index (χ1v) is 9.27. The van der Waals surface area contributed by atoms with Gasteiger partial charge >= 0.3 is 0 Å². The summed E-state index contributed by atoms with van der Waals surface area (Å²) in [4.78, 5) is 23.6. The van der Waals surface area contributed by atoms with Crippen molar-refractivity contribution in [2.45, 2.75) is 12.1 Å². The van der Waals surface area contributed by atoms with Gasteiger partial charge in [-0.05, 0) is 40.8 Å². The van der Waals surface area contributed by atoms with E-state index in [0.29, 0.717) is 22.3 Å². The number of hydrogen-bond acceptors (Lipinski definition) is 7. The number of benzene rings is 2. The van der Waals surface area contributed by atoms with Crippen LogP contribution < -0.4 is 15.4 Å². The molecule has 2 N–H and O–H groups in total. The van der Waals surface area contributed by atoms with Gasteiger partial charge in [0.1, 0.15) is 5.75 Å². The van der Waals surface area contributed by atoms with E-state index in [0.717, 1.165) is 5.69 Å². The van der Waals surface area contributed by atoms with Crippen LogP contribution in [0.5, 0.6) is 5.75 Å². The van der Waals surface area contributed by atoms with Crippen molar-refractivity contribution in [3.8, 4) is 11.4 Å². The number of amides is 2. The summed E-state index contributed by atoms with van der Waals surface area (Å²) in [5.74, 6) is 0.124. The standard InChI is InChI=1S/C18H18N6O3S/c1-12(25)19-13-8-9-16(27-2)15(10-13)20-17(26)11-28-18-21-22-23-24(18)14-6-4-3-5-7-14/h3-10H,11H2,1-2H3,(H,19,25)(H,20,26). The lowest BCUT2D eigenvalue weighted by Crippen LogP contribution is -2.16. The van der Waals surface area contributed by atoms with Gasteiger partial charge < -0.3 is 15.4 Å². The number of carbonyl (C=O) groups is 2. The van der Waals surface area contributed by atoms with Crippen molar-refractivity contribution < 1.29 is 14.3 Å². The second-order valence-electron chi connectivity index (χ2n) is 5.64. The van der Waals surface area contributed by atoms with Gasteiger partial charge in [0.2, 0.25) is 17.0 Å². The predicted octanol–water partition coefficient (Wildman–Crippen LogP) is 2.36. The molecular formula is C18H18N6O3S. The van der Waals surface area contributed by atoms with E-state index < -0.39 is 0 Å². The number of para-hydroxylation sites is 1. The van der Waals surface area contributed by atoms with Crippen molar-refractivity contribution in [1.82, 2.24) is 20.2 Å². The highest BCUT2D eigenvalue weighted by Crippen LogP contribution is 2.28. The van der Waals surface area contributed by atoms with Crippen molar-refractivity contribution >= 4 is 35.0 Å². The molecule has 0 radical (unpaired) electrons. The van der Waals surface area contributed by atoms with Crippen LogP contribution in [0, 0.1) is 0 Å². The van der Waals surface area contributed by atoms with E-state index in [1.54, 1.807) is 22.9 Å². The molecule has 0 aliphatic rings. The highest BCUT2D eigenvalue weighted by atomic mass is 32.2. The molecule has 0 saturated carbocycles. The topological polar surface area (TPSA) is 111 Å². The molecule has 1 aromatic heterocycles. The zero-order chi connectivity index (χ0) is 19.9. The summed E-state index contributed by atoms with van der Waals surface area (Å²) in [5, 5.41) is 17.6. The molecule has 2 aromatic carbocycles. The molecule has 9 nitrogen and oxygen atoms in total. The third kappa shape index (κ3) is 4.86. The Balaban J connectivity index is 1.67. The summed E-state index contributed by atoms with van der Waals surface area (Å²) in [6.07, 6.45) is 0. The summed E-state index contributed by atoms with van der Waals surface area (Å²) in [7, 11) is 1.51. The van der Waals surface area contributed by atoms with E-state index in [-0.39, 0.29) is 17.6 Å². The SMILES string of the molecule is COc1ccc(NC(C)=O)cc1NC(=O)CSc1nnnn1-c1ccccc1. The highest BCUT2D eigenvalue weighted by molar-refractivity contribution is 7.99. The molecule has 0 atom stereocenters. The Bertz CT molecular complexity index is 976. The summed E-state index contributed by atoms with van der Waals surface area (Å²) < 4.78 is 6.83. The lowest BCUT2D eigenvalue weighted by atomic mass is 10.2. The number of carbonyl (C=O) groups excluding carboxylic acids is 2. The molecule has 1 heterocycles. The fourth-order valence-electron chi connectivity index (χ4n) is 2.40. The van der Waals surface area contributed by atoms with Gasteiger partial charge in [0.05, 0.1) is 24.2 Å². The number of ether oxygens (including phenoxy) is 1. The minimum Gasteiger partial charge on any atom is -0.495 e. The van der Waals surface area contributed by atoms with Crippen LogP contribution in [-0.4, -0.2) is 44.9 Å². The van der Waals surface area contributed by atoms with Gasteiger partial charge in [-0.25, -0.2) is 0 Å². The molecule has 3 aromatic rings. The molecule has 3 rings (SSSR count). The molecule has 0 spiro atoms. The van der Waals surface area contributed by atoms with Crippen molar-refractivity contribution in [2.24, 2.45) is 0 Å². The van der Waals surface area contributed by atoms with Gasteiger partial charge in [-0.1, -0.05) is 30.0 Å². The van der Waals surface area contributed by atoms with Crippen LogP contribution in [0.3, 0.4) is 0 Å². The minimum absolute atomic E-state index is 0.0979. The number of rotatable bonds is 7. The molecule has 0 fully saturated rings. The zero-order valence-corrected chi connectivity index (χ0v) is 16.1. The fraction of sp³-hybridized carbons (Fsp3) is 0.167. The van der Waals surface area contributed by atoms with Crippen LogP contribution in [0.25, 0.3) is 5.69 Å². The number of nitrogens with zero attached hydrogens (tertiary/aromatic N) is 4. The Morgan fingerprint density at radius 1 is 1.14 bits per heavy atom. The van der Waals surface area contributed by atoms with Gasteiger partial charge in [-0.15, -0.1) is 5.10 Å². The number of thioether (sulfide) groups is 1. The third-order valence-electron chi connectivity index (χ3n) is 3.57. The number of nitrogens with one attached hydrogen (secondary N) is 2. The fourth-order valence-corrected chi connectivity index (χ4v) is 3.09. The van der Waals surface area contributed by atoms with Gasteiger partial charge in [0.25, 0.3) is 0 Å². The van der Waals surface area contributed by atoms with E-state index in [2.05, 4.69) is 26.2 Å². The number of methoxy groups -OCH3 is 1. The van der Waals surface area contributed by atoms with E-state index in [9.17, 15) is 9.59 Å². The van der Waals surface area contributed by atoms with Crippen LogP contribution in [0.4, 0.5) is 11.4 Å². The molecule has 10 heteroatoms. The van der Waals surface area contributed by atoms with E-state index in [1.165, 1.54) is 25.8 Å². The molecule has 0 bridgehead atoms. The quantitative estimate of drug-likeness (QED) is 0.588. The molecule has 0 aliphatic carbocycles. The third-order valence-corrected chi connectivity index (χ3v) is 4.49. The Morgan fingerprint density at radius 2 is 1.93 bits per heavy atom. The number of anilines is 2. The number of aromatic nitrogens is 4. The van der Waals surface area contributed by atoms with Crippen molar-refractivity contribution in [1.29, 1.82) is 0 Å². The van der Waals surface area contributed by atoms with Crippen molar-refractivity contribution in [3.05, 3.63) is 48.5 Å². The largest absolute Gasteiger partial charge is 0.495 e. The Labute approximate surface area is 165 Å². The van der Waals surface area contributed by atoms with Crippen molar-refractivity contribution in [2.75, 3.05) is 23.5 Å². The van der Waals surface area contributed by atoms with Crippen LogP contribution in [0.1, 0.15) is 6.92 Å². The van der Waals surface area contributed by atoms with Gasteiger partial charge in [0.15, 0.2) is 0 Å². The maximum atomic E-state index is 12.4. The average molecular weight is 398 g/mol. The summed E-state index contributed by atoms with van der Waals surface area (Å²) in [6, 6.07) is 14.4. The van der Waals surface area contributed by atoms with E-state index >= 15 is 0 Å². The Morgan fingerprint density at radius 3 is 2.64 bits per heavy atom. The molecule has 2 amide bonds. The normalized spacial score (nSPS) is 10.4. The highest BCUT2D eigenvalue weighted by Gasteiger charge is 2.13. The zero-order valence-electron chi connectivity index (χ0n) is 15.2. The van der Waals surface area contributed by atoms with Gasteiger partial charge in [0, 0.05) is 12.6 Å². The van der Waals surface area contributed by atoms with Crippen LogP contribution in [0.2, 0.25) is 0 Å². The van der Waals surface area contributed by atoms with Crippen molar-refractivity contribution in [3.63, 3.8) is 0 Å². The number of tetrazole rings is 1. The molecule has 0 aliphatic heterocycles. The average Bonchev–Trinajstić information content (AvgIpc) is 3.15. The predicted molar refractivity (Wildman–Crippen MR) is 106 cm³/mol. The molecular weight excluding hydrogens is 380 g/mol. The van der Waals surface area contributed by atoms with E-state index in [4.69, 9.17) is 4.74 Å². The van der Waals surface area contributed by atoms with Crippen LogP contribution in [0.15, 0.2) is 53.7 Å². The summed E-state index contributed by atoms with van der Waals surface area (Å²) in [6.45, 7) is 1.41. The Kier molecular flexibility index (Phi) is 6.22. The Hall–Kier alpha value is -3.40. The second kappa shape index (κ2) is 9.00. The second-order valence-corrected chi connectivity index (χ2v) is 6.58. The summed E-state index contributed by atoms with van der Waals surface area (Å²) >= 11 is 1.21. The van der Waals surface area contributed by atoms with E-state index in [1.807, 2.05) is 30.3 Å². The van der Waals surface area contributed by atoms with Gasteiger partial charge in [-0.3, -0.25) is 9.59 Å². The monoisotopic (exact) mass is 398 g/mol. The lowest BCUT2D eigenvalue weighted by Gasteiger charge is -2.12. The molecule has 28 heavy (non-hydrogen) atoms. The first-order chi connectivity index (χ1) is 13.6. The lowest BCUT2D eigenvalue weighted by molar-refractivity contribution is -0.114. The maximum absolute atomic E-state index is 12.4. The summed E-state index contributed by atoms with van der Waals surface area (Å²) in [5.41, 5.74) is 1.83. The minimum atomic E-state index is -0.258. The molecule has 0 unspecified atom stereocenters. The number of hydrogen-bond donors (Lipinski definition) is 2. The van der Waals surface area contributed by atoms with Gasteiger partial charge in [-0.2, -0.15) is 4.68 Å². The molecule has 144 valence electrons.